The van der Waals surface area contributed by atoms with E-state index in [0.29, 0.717) is 0 Å². The third-order valence-electron chi connectivity index (χ3n) is 2.49. The fourth-order valence-electron chi connectivity index (χ4n) is 1.40. The van der Waals surface area contributed by atoms with Crippen molar-refractivity contribution in [2.45, 2.75) is 41.5 Å². The van der Waals surface area contributed by atoms with Gasteiger partial charge in [0.05, 0.1) is 5.70 Å². The van der Waals surface area contributed by atoms with Gasteiger partial charge < -0.3 is 4.90 Å². The second kappa shape index (κ2) is 6.46. The van der Waals surface area contributed by atoms with Crippen LogP contribution in [0.2, 0.25) is 0 Å². The van der Waals surface area contributed by atoms with Crippen LogP contribution in [-0.4, -0.2) is 30.5 Å². The van der Waals surface area contributed by atoms with Gasteiger partial charge in [0.25, 0.3) is 0 Å². The lowest BCUT2D eigenvalue weighted by atomic mass is 9.93. The first-order valence-corrected chi connectivity index (χ1v) is 5.83. The predicted octanol–water partition coefficient (Wildman–Crippen LogP) is 3.33. The van der Waals surface area contributed by atoms with Crippen molar-refractivity contribution in [3.8, 4) is 0 Å². The summed E-state index contributed by atoms with van der Waals surface area (Å²) < 4.78 is 0. The average molecular weight is 223 g/mol. The molecular formula is C13H25N3. The number of rotatable bonds is 4. The average Bonchev–Trinajstić information content (AvgIpc) is 2.17. The van der Waals surface area contributed by atoms with Crippen molar-refractivity contribution in [3.05, 3.63) is 11.9 Å². The molecule has 16 heavy (non-hydrogen) atoms. The lowest BCUT2D eigenvalue weighted by Crippen LogP contribution is -2.29. The summed E-state index contributed by atoms with van der Waals surface area (Å²) in [5, 5.41) is 0. The Bertz CT molecular complexity index is 278. The van der Waals surface area contributed by atoms with Gasteiger partial charge in [-0.3, -0.25) is 4.99 Å². The first-order chi connectivity index (χ1) is 7.36. The van der Waals surface area contributed by atoms with Gasteiger partial charge in [0.15, 0.2) is 0 Å². The molecule has 0 bridgehead atoms. The highest BCUT2D eigenvalue weighted by Gasteiger charge is 2.17. The highest BCUT2D eigenvalue weighted by atomic mass is 15.2. The number of aliphatic imine (C=N–C) groups is 2. The number of allylic oxidation sites excluding steroid dienone is 1. The van der Waals surface area contributed by atoms with Crippen LogP contribution in [0, 0.1) is 5.41 Å². The zero-order chi connectivity index (χ0) is 12.8. The summed E-state index contributed by atoms with van der Waals surface area (Å²) in [5.74, 6) is 1.04. The molecule has 0 atom stereocenters. The van der Waals surface area contributed by atoms with Crippen LogP contribution in [0.4, 0.5) is 0 Å². The van der Waals surface area contributed by atoms with Crippen molar-refractivity contribution >= 4 is 12.6 Å². The molecule has 0 aliphatic carbocycles. The Morgan fingerprint density at radius 2 is 1.75 bits per heavy atom. The van der Waals surface area contributed by atoms with Gasteiger partial charge in [-0.15, -0.1) is 0 Å². The van der Waals surface area contributed by atoms with Gasteiger partial charge in [-0.05, 0) is 27.5 Å². The highest BCUT2D eigenvalue weighted by Crippen LogP contribution is 2.26. The molecule has 0 radical (unpaired) electrons. The summed E-state index contributed by atoms with van der Waals surface area (Å²) in [7, 11) is 0. The monoisotopic (exact) mass is 223 g/mol. The largest absolute Gasteiger partial charge is 0.361 e. The van der Waals surface area contributed by atoms with E-state index in [-0.39, 0.29) is 5.41 Å². The van der Waals surface area contributed by atoms with Crippen molar-refractivity contribution in [1.29, 1.82) is 0 Å². The zero-order valence-electron chi connectivity index (χ0n) is 11.5. The van der Waals surface area contributed by atoms with Crippen LogP contribution < -0.4 is 0 Å². The third kappa shape index (κ3) is 4.60. The second-order valence-electron chi connectivity index (χ2n) is 4.78. The van der Waals surface area contributed by atoms with Crippen molar-refractivity contribution in [2.75, 3.05) is 13.1 Å². The van der Waals surface area contributed by atoms with E-state index in [1.807, 2.05) is 6.92 Å². The summed E-state index contributed by atoms with van der Waals surface area (Å²) in [5.41, 5.74) is 0.960. The Morgan fingerprint density at radius 3 is 2.06 bits per heavy atom. The van der Waals surface area contributed by atoms with Gasteiger partial charge in [0, 0.05) is 24.7 Å². The van der Waals surface area contributed by atoms with Crippen LogP contribution in [0.15, 0.2) is 21.9 Å². The Labute approximate surface area is 100.0 Å². The Hall–Kier alpha value is -1.12. The Morgan fingerprint density at radius 1 is 1.25 bits per heavy atom. The molecule has 0 aliphatic heterocycles. The normalized spacial score (nSPS) is 13.9. The van der Waals surface area contributed by atoms with Gasteiger partial charge in [-0.25, -0.2) is 4.99 Å². The fraction of sp³-hybridized carbons (Fsp3) is 0.692. The van der Waals surface area contributed by atoms with E-state index in [9.17, 15) is 0 Å². The van der Waals surface area contributed by atoms with Crippen molar-refractivity contribution in [2.24, 2.45) is 15.4 Å². The van der Waals surface area contributed by atoms with E-state index in [4.69, 9.17) is 0 Å². The molecule has 0 saturated carbocycles. The molecule has 0 heterocycles. The van der Waals surface area contributed by atoms with E-state index < -0.39 is 0 Å². The van der Waals surface area contributed by atoms with Crippen LogP contribution in [0.25, 0.3) is 0 Å². The maximum absolute atomic E-state index is 4.65. The molecule has 0 rings (SSSR count). The summed E-state index contributed by atoms with van der Waals surface area (Å²) >= 11 is 0. The summed E-state index contributed by atoms with van der Waals surface area (Å²) in [4.78, 5) is 10.7. The lowest BCUT2D eigenvalue weighted by Gasteiger charge is -2.24. The van der Waals surface area contributed by atoms with Crippen LogP contribution >= 0.6 is 0 Å². The minimum absolute atomic E-state index is 0.00436. The summed E-state index contributed by atoms with van der Waals surface area (Å²) in [6.45, 7) is 18.1. The second-order valence-corrected chi connectivity index (χ2v) is 4.78. The topological polar surface area (TPSA) is 28.0 Å². The smallest absolute Gasteiger partial charge is 0.101 e. The molecule has 0 unspecified atom stereocenters. The van der Waals surface area contributed by atoms with Gasteiger partial charge in [-0.2, -0.15) is 0 Å². The fourth-order valence-corrected chi connectivity index (χ4v) is 1.40. The molecule has 3 nitrogen and oxygen atoms in total. The number of amidine groups is 1. The van der Waals surface area contributed by atoms with Gasteiger partial charge >= 0.3 is 0 Å². The van der Waals surface area contributed by atoms with Crippen molar-refractivity contribution in [1.82, 2.24) is 4.90 Å². The van der Waals surface area contributed by atoms with E-state index in [0.717, 1.165) is 24.6 Å². The molecule has 0 aromatic rings. The number of nitrogens with zero attached hydrogens (tertiary/aromatic N) is 3. The van der Waals surface area contributed by atoms with Gasteiger partial charge in [0.2, 0.25) is 0 Å². The van der Waals surface area contributed by atoms with Crippen LogP contribution in [0.5, 0.6) is 0 Å². The molecule has 0 fully saturated rings. The lowest BCUT2D eigenvalue weighted by molar-refractivity contribution is 0.453. The molecule has 0 aromatic heterocycles. The highest BCUT2D eigenvalue weighted by molar-refractivity contribution is 5.80. The molecule has 0 aromatic carbocycles. The molecule has 92 valence electrons. The maximum Gasteiger partial charge on any atom is 0.101 e. The van der Waals surface area contributed by atoms with E-state index in [1.165, 1.54) is 0 Å². The van der Waals surface area contributed by atoms with Crippen molar-refractivity contribution in [3.63, 3.8) is 0 Å². The molecule has 0 saturated heterocycles. The SMILES string of the molecule is C=N/C=C(\N=C(C)N(CC)CC)C(C)(C)C. The van der Waals surface area contributed by atoms with Crippen LogP contribution in [0.3, 0.4) is 0 Å². The molecule has 0 aliphatic rings. The maximum atomic E-state index is 4.65. The van der Waals surface area contributed by atoms with Gasteiger partial charge in [-0.1, -0.05) is 20.8 Å². The summed E-state index contributed by atoms with van der Waals surface area (Å²) in [6, 6.07) is 0. The van der Waals surface area contributed by atoms with Crippen molar-refractivity contribution < 1.29 is 0 Å². The van der Waals surface area contributed by atoms with E-state index >= 15 is 0 Å². The Balaban J connectivity index is 5.07. The van der Waals surface area contributed by atoms with Gasteiger partial charge in [0.1, 0.15) is 5.84 Å². The number of hydrogen-bond donors (Lipinski definition) is 0. The molecular weight excluding hydrogens is 198 g/mol. The quantitative estimate of drug-likeness (QED) is 0.530. The standard InChI is InChI=1S/C13H25N3/c1-8-16(9-2)11(3)15-12(10-14-7)13(4,5)6/h10H,7-9H2,1-6H3/b12-10-,15-11?. The molecule has 3 heteroatoms. The molecule has 0 spiro atoms. The van der Waals surface area contributed by atoms with E-state index in [1.54, 1.807) is 6.20 Å². The number of hydrogen-bond acceptors (Lipinski definition) is 2. The summed E-state index contributed by atoms with van der Waals surface area (Å²) in [6.07, 6.45) is 1.74. The third-order valence-corrected chi connectivity index (χ3v) is 2.49. The predicted molar refractivity (Wildman–Crippen MR) is 73.1 cm³/mol. The minimum Gasteiger partial charge on any atom is -0.361 e. The zero-order valence-corrected chi connectivity index (χ0v) is 11.5. The Kier molecular flexibility index (Phi) is 6.01. The molecule has 0 N–H and O–H groups in total. The first kappa shape index (κ1) is 14.9. The molecule has 0 amide bonds. The first-order valence-electron chi connectivity index (χ1n) is 5.83. The van der Waals surface area contributed by atoms with E-state index in [2.05, 4.69) is 56.2 Å². The minimum atomic E-state index is -0.00436. The van der Waals surface area contributed by atoms with Crippen LogP contribution in [-0.2, 0) is 0 Å². The van der Waals surface area contributed by atoms with Crippen LogP contribution in [0.1, 0.15) is 41.5 Å².